The predicted octanol–water partition coefficient (Wildman–Crippen LogP) is 2.69. The Labute approximate surface area is 95.8 Å². The van der Waals surface area contributed by atoms with Crippen LogP contribution in [0.15, 0.2) is 0 Å². The number of hydrogen-bond donors (Lipinski definition) is 1. The molecule has 2 radical (unpaired) electrons. The van der Waals surface area contributed by atoms with Gasteiger partial charge in [-0.2, -0.15) is 0 Å². The fourth-order valence-electron chi connectivity index (χ4n) is 0.907. The molecule has 1 aliphatic carbocycles. The Kier molecular flexibility index (Phi) is 5.35. The lowest BCUT2D eigenvalue weighted by molar-refractivity contribution is -0.0876. The van der Waals surface area contributed by atoms with Crippen LogP contribution in [0, 0.1) is 11.8 Å². The van der Waals surface area contributed by atoms with Crippen LogP contribution in [0.4, 0.5) is 0 Å². The fraction of sp³-hybridized carbons (Fsp3) is 1.00. The van der Waals surface area contributed by atoms with Crippen LogP contribution in [-0.2, 0) is 4.65 Å². The Morgan fingerprint density at radius 2 is 1.60 bits per heavy atom. The highest BCUT2D eigenvalue weighted by Crippen LogP contribution is 2.35. The molecule has 0 aromatic carbocycles. The van der Waals surface area contributed by atoms with Crippen molar-refractivity contribution in [3.8, 4) is 0 Å². The van der Waals surface area contributed by atoms with E-state index in [-0.39, 0.29) is 0 Å². The monoisotopic (exact) mass is 212 g/mol. The van der Waals surface area contributed by atoms with E-state index < -0.39 is 11.2 Å². The molecule has 1 saturated carbocycles. The van der Waals surface area contributed by atoms with Crippen LogP contribution in [0.1, 0.15) is 54.4 Å². The summed E-state index contributed by atoms with van der Waals surface area (Å²) < 4.78 is 4.55. The zero-order chi connectivity index (χ0) is 12.3. The maximum absolute atomic E-state index is 9.34. The van der Waals surface area contributed by atoms with Gasteiger partial charge in [0.05, 0.1) is 11.2 Å². The summed E-state index contributed by atoms with van der Waals surface area (Å²) in [4.78, 5) is 0. The van der Waals surface area contributed by atoms with E-state index in [1.807, 2.05) is 0 Å². The topological polar surface area (TPSA) is 29.5 Å². The van der Waals surface area contributed by atoms with Gasteiger partial charge in [-0.3, -0.25) is 0 Å². The van der Waals surface area contributed by atoms with E-state index in [9.17, 15) is 5.11 Å². The summed E-state index contributed by atoms with van der Waals surface area (Å²) in [6.07, 6.45) is 3.00. The van der Waals surface area contributed by atoms with Gasteiger partial charge in [-0.1, -0.05) is 13.8 Å². The number of aliphatic hydroxyl groups is 1. The molecular formula is C12H25BO2. The van der Waals surface area contributed by atoms with Gasteiger partial charge in [-0.05, 0) is 52.4 Å². The van der Waals surface area contributed by atoms with Crippen molar-refractivity contribution >= 4 is 8.05 Å². The molecule has 0 atom stereocenters. The molecule has 0 aromatic rings. The summed E-state index contributed by atoms with van der Waals surface area (Å²) in [7, 11) is 4.93. The molecule has 3 heteroatoms. The van der Waals surface area contributed by atoms with Crippen molar-refractivity contribution in [2.24, 2.45) is 11.8 Å². The van der Waals surface area contributed by atoms with Gasteiger partial charge in [0.15, 0.2) is 0 Å². The Hall–Kier alpha value is -0.0151. The molecule has 15 heavy (non-hydrogen) atoms. The first kappa shape index (κ1) is 15.0. The standard InChI is InChI=1S/C6H13BO2.C6H12/c1-5(2,8)6(3,4)9-7;1-5(2)6-3-4-6/h8H,1-4H3;5-6H,3-4H2,1-2H3. The van der Waals surface area contributed by atoms with E-state index in [1.165, 1.54) is 12.8 Å². The first-order valence-electron chi connectivity index (χ1n) is 5.72. The van der Waals surface area contributed by atoms with Crippen molar-refractivity contribution in [1.82, 2.24) is 0 Å². The van der Waals surface area contributed by atoms with Crippen LogP contribution in [0.3, 0.4) is 0 Å². The molecule has 0 aromatic heterocycles. The van der Waals surface area contributed by atoms with Crippen LogP contribution in [0.25, 0.3) is 0 Å². The molecule has 0 unspecified atom stereocenters. The fourth-order valence-corrected chi connectivity index (χ4v) is 0.907. The van der Waals surface area contributed by atoms with Gasteiger partial charge in [0, 0.05) is 0 Å². The molecule has 1 rings (SSSR count). The van der Waals surface area contributed by atoms with Gasteiger partial charge in [0.25, 0.3) is 8.05 Å². The first-order valence-corrected chi connectivity index (χ1v) is 5.72. The lowest BCUT2D eigenvalue weighted by Crippen LogP contribution is -2.46. The highest BCUT2D eigenvalue weighted by atomic mass is 16.5. The lowest BCUT2D eigenvalue weighted by atomic mass is 9.89. The van der Waals surface area contributed by atoms with Crippen LogP contribution in [0.2, 0.25) is 0 Å². The van der Waals surface area contributed by atoms with Gasteiger partial charge in [-0.25, -0.2) is 0 Å². The molecule has 1 fully saturated rings. The summed E-state index contributed by atoms with van der Waals surface area (Å²) in [6, 6.07) is 0. The minimum absolute atomic E-state index is 0.688. The first-order chi connectivity index (χ1) is 6.62. The molecule has 1 aliphatic rings. The van der Waals surface area contributed by atoms with Crippen LogP contribution < -0.4 is 0 Å². The summed E-state index contributed by atoms with van der Waals surface area (Å²) in [5, 5.41) is 9.34. The van der Waals surface area contributed by atoms with Crippen LogP contribution in [-0.4, -0.2) is 24.4 Å². The van der Waals surface area contributed by atoms with E-state index >= 15 is 0 Å². The van der Waals surface area contributed by atoms with E-state index in [2.05, 4.69) is 18.5 Å². The highest BCUT2D eigenvalue weighted by molar-refractivity contribution is 5.98. The van der Waals surface area contributed by atoms with Gasteiger partial charge in [0.2, 0.25) is 0 Å². The minimum Gasteiger partial charge on any atom is -0.440 e. The van der Waals surface area contributed by atoms with Crippen molar-refractivity contribution in [3.05, 3.63) is 0 Å². The van der Waals surface area contributed by atoms with E-state index in [4.69, 9.17) is 8.05 Å². The third-order valence-electron chi connectivity index (χ3n) is 3.33. The normalized spacial score (nSPS) is 17.3. The third-order valence-corrected chi connectivity index (χ3v) is 3.33. The Bertz CT molecular complexity index is 179. The van der Waals surface area contributed by atoms with Crippen molar-refractivity contribution in [2.45, 2.75) is 65.6 Å². The van der Waals surface area contributed by atoms with Crippen molar-refractivity contribution in [2.75, 3.05) is 0 Å². The summed E-state index contributed by atoms with van der Waals surface area (Å²) in [5.74, 6) is 2.06. The quantitative estimate of drug-likeness (QED) is 0.729. The third kappa shape index (κ3) is 5.57. The largest absolute Gasteiger partial charge is 0.440 e. The Morgan fingerprint density at radius 3 is 1.60 bits per heavy atom. The molecule has 1 N–H and O–H groups in total. The molecule has 0 bridgehead atoms. The second kappa shape index (κ2) is 5.35. The van der Waals surface area contributed by atoms with E-state index in [1.54, 1.807) is 27.7 Å². The second-order valence-corrected chi connectivity index (χ2v) is 5.77. The molecule has 0 aliphatic heterocycles. The average molecular weight is 212 g/mol. The lowest BCUT2D eigenvalue weighted by Gasteiger charge is -2.36. The SMILES string of the molecule is CC(C)C1CC1.[B]OC(C)(C)C(C)(C)O. The zero-order valence-corrected chi connectivity index (χ0v) is 11.0. The van der Waals surface area contributed by atoms with Crippen LogP contribution >= 0.6 is 0 Å². The van der Waals surface area contributed by atoms with Crippen molar-refractivity contribution in [3.63, 3.8) is 0 Å². The molecule has 0 heterocycles. The smallest absolute Gasteiger partial charge is 0.283 e. The number of rotatable bonds is 3. The second-order valence-electron chi connectivity index (χ2n) is 5.77. The molecule has 0 spiro atoms. The van der Waals surface area contributed by atoms with Gasteiger partial charge in [-0.15, -0.1) is 0 Å². The maximum Gasteiger partial charge on any atom is 0.283 e. The highest BCUT2D eigenvalue weighted by Gasteiger charge is 2.33. The molecule has 88 valence electrons. The summed E-state index contributed by atoms with van der Waals surface area (Å²) >= 11 is 0. The van der Waals surface area contributed by atoms with Gasteiger partial charge >= 0.3 is 0 Å². The molecule has 0 saturated heterocycles. The molecule has 2 nitrogen and oxygen atoms in total. The van der Waals surface area contributed by atoms with E-state index in [0.29, 0.717) is 0 Å². The zero-order valence-electron chi connectivity index (χ0n) is 11.0. The maximum atomic E-state index is 9.34. The van der Waals surface area contributed by atoms with Gasteiger partial charge < -0.3 is 9.76 Å². The minimum atomic E-state index is -0.901. The summed E-state index contributed by atoms with van der Waals surface area (Å²) in [5.41, 5.74) is -1.59. The predicted molar refractivity (Wildman–Crippen MR) is 64.8 cm³/mol. The van der Waals surface area contributed by atoms with Crippen molar-refractivity contribution in [1.29, 1.82) is 0 Å². The molecular weight excluding hydrogens is 187 g/mol. The number of hydrogen-bond acceptors (Lipinski definition) is 2. The molecule has 0 amide bonds. The average Bonchev–Trinajstić information content (AvgIpc) is 2.85. The summed E-state index contributed by atoms with van der Waals surface area (Å²) in [6.45, 7) is 11.4. The van der Waals surface area contributed by atoms with Gasteiger partial charge in [0.1, 0.15) is 0 Å². The van der Waals surface area contributed by atoms with Crippen molar-refractivity contribution < 1.29 is 9.76 Å². The Balaban J connectivity index is 0.000000280. The van der Waals surface area contributed by atoms with E-state index in [0.717, 1.165) is 11.8 Å². The van der Waals surface area contributed by atoms with Crippen LogP contribution in [0.5, 0.6) is 0 Å². The Morgan fingerprint density at radius 1 is 1.20 bits per heavy atom.